The van der Waals surface area contributed by atoms with Gasteiger partial charge in [0.25, 0.3) is 5.69 Å². The van der Waals surface area contributed by atoms with Crippen molar-refractivity contribution in [3.63, 3.8) is 0 Å². The van der Waals surface area contributed by atoms with Crippen molar-refractivity contribution in [2.45, 2.75) is 6.92 Å². The third kappa shape index (κ3) is 3.33. The highest BCUT2D eigenvalue weighted by molar-refractivity contribution is 6.33. The lowest BCUT2D eigenvalue weighted by molar-refractivity contribution is -0.384. The summed E-state index contributed by atoms with van der Waals surface area (Å²) in [6.07, 6.45) is 0. The van der Waals surface area contributed by atoms with Gasteiger partial charge in [-0.15, -0.1) is 0 Å². The molecule has 0 aliphatic carbocycles. The zero-order valence-corrected chi connectivity index (χ0v) is 11.5. The smallest absolute Gasteiger partial charge is 0.270 e. The van der Waals surface area contributed by atoms with E-state index in [2.05, 4.69) is 10.5 Å². The van der Waals surface area contributed by atoms with E-state index in [9.17, 15) is 10.1 Å². The number of nitrogens with zero attached hydrogens (tertiary/aromatic N) is 2. The van der Waals surface area contributed by atoms with Gasteiger partial charge in [-0.05, 0) is 19.1 Å². The Morgan fingerprint density at radius 2 is 2.00 bits per heavy atom. The molecule has 0 aromatic heterocycles. The Balaban J connectivity index is 2.21. The molecule has 1 N–H and O–H groups in total. The van der Waals surface area contributed by atoms with Gasteiger partial charge in [-0.3, -0.25) is 15.5 Å². The monoisotopic (exact) mass is 289 g/mol. The zero-order valence-electron chi connectivity index (χ0n) is 10.7. The van der Waals surface area contributed by atoms with Crippen molar-refractivity contribution < 1.29 is 4.92 Å². The minimum absolute atomic E-state index is 0.0368. The van der Waals surface area contributed by atoms with Gasteiger partial charge in [0.2, 0.25) is 0 Å². The molecule has 0 amide bonds. The topological polar surface area (TPSA) is 67.5 Å². The van der Waals surface area contributed by atoms with Crippen molar-refractivity contribution in [2.75, 3.05) is 5.43 Å². The molecule has 0 heterocycles. The average Bonchev–Trinajstić information content (AvgIpc) is 2.46. The summed E-state index contributed by atoms with van der Waals surface area (Å²) in [5.41, 5.74) is 4.87. The predicted molar refractivity (Wildman–Crippen MR) is 80.4 cm³/mol. The standard InChI is InChI=1S/C14H12ClN3O2/c1-10(11-5-4-6-12(9-11)18(19)20)16-17-14-8-3-2-7-13(14)15/h2-9,17H,1H3/b16-10-. The van der Waals surface area contributed by atoms with Crippen LogP contribution >= 0.6 is 11.6 Å². The van der Waals surface area contributed by atoms with Gasteiger partial charge in [0.05, 0.1) is 21.3 Å². The molecule has 0 unspecified atom stereocenters. The molecule has 0 radical (unpaired) electrons. The fourth-order valence-electron chi connectivity index (χ4n) is 1.61. The van der Waals surface area contributed by atoms with Crippen LogP contribution in [0, 0.1) is 10.1 Å². The van der Waals surface area contributed by atoms with Crippen LogP contribution in [-0.4, -0.2) is 10.6 Å². The summed E-state index contributed by atoms with van der Waals surface area (Å²) < 4.78 is 0. The number of rotatable bonds is 4. The number of hydrogen-bond donors (Lipinski definition) is 1. The van der Waals surface area contributed by atoms with Gasteiger partial charge in [0, 0.05) is 17.7 Å². The maximum atomic E-state index is 10.7. The minimum atomic E-state index is -0.432. The highest BCUT2D eigenvalue weighted by Crippen LogP contribution is 2.20. The van der Waals surface area contributed by atoms with Crippen LogP contribution in [0.15, 0.2) is 53.6 Å². The Bertz CT molecular complexity index is 671. The first-order chi connectivity index (χ1) is 9.58. The van der Waals surface area contributed by atoms with Gasteiger partial charge in [-0.25, -0.2) is 0 Å². The van der Waals surface area contributed by atoms with Gasteiger partial charge in [0.1, 0.15) is 0 Å². The van der Waals surface area contributed by atoms with E-state index in [0.29, 0.717) is 22.0 Å². The molecule has 2 aromatic carbocycles. The van der Waals surface area contributed by atoms with Crippen LogP contribution in [0.3, 0.4) is 0 Å². The van der Waals surface area contributed by atoms with Crippen molar-refractivity contribution in [1.29, 1.82) is 0 Å². The lowest BCUT2D eigenvalue weighted by Gasteiger charge is -2.05. The molecule has 2 rings (SSSR count). The van der Waals surface area contributed by atoms with Crippen LogP contribution in [-0.2, 0) is 0 Å². The molecule has 0 aliphatic heterocycles. The van der Waals surface area contributed by atoms with E-state index >= 15 is 0 Å². The van der Waals surface area contributed by atoms with Crippen molar-refractivity contribution >= 4 is 28.7 Å². The number of non-ortho nitro benzene ring substituents is 1. The summed E-state index contributed by atoms with van der Waals surface area (Å²) in [6, 6.07) is 13.5. The molecule has 0 saturated carbocycles. The Morgan fingerprint density at radius 3 is 2.70 bits per heavy atom. The number of hydrazone groups is 1. The third-order valence-corrected chi connectivity index (χ3v) is 3.02. The number of halogens is 1. The SMILES string of the molecule is C/C(=N/Nc1ccccc1Cl)c1cccc([N+](=O)[O-])c1. The third-order valence-electron chi connectivity index (χ3n) is 2.69. The number of para-hydroxylation sites is 1. The number of nitrogens with one attached hydrogen (secondary N) is 1. The molecular formula is C14H12ClN3O2. The molecule has 0 spiro atoms. The van der Waals surface area contributed by atoms with Crippen molar-refractivity contribution in [1.82, 2.24) is 0 Å². The van der Waals surface area contributed by atoms with Crippen LogP contribution in [0.25, 0.3) is 0 Å². The van der Waals surface area contributed by atoms with E-state index in [1.807, 2.05) is 12.1 Å². The largest absolute Gasteiger partial charge is 0.277 e. The summed E-state index contributed by atoms with van der Waals surface area (Å²) in [5.74, 6) is 0. The Kier molecular flexibility index (Phi) is 4.32. The van der Waals surface area contributed by atoms with Crippen molar-refractivity contribution in [3.05, 3.63) is 69.2 Å². The number of nitro benzene ring substituents is 1. The highest BCUT2D eigenvalue weighted by atomic mass is 35.5. The Morgan fingerprint density at radius 1 is 1.25 bits per heavy atom. The van der Waals surface area contributed by atoms with Gasteiger partial charge in [-0.1, -0.05) is 35.9 Å². The lowest BCUT2D eigenvalue weighted by atomic mass is 10.1. The average molecular weight is 290 g/mol. The molecule has 20 heavy (non-hydrogen) atoms. The maximum absolute atomic E-state index is 10.7. The zero-order chi connectivity index (χ0) is 14.5. The first-order valence-corrected chi connectivity index (χ1v) is 6.25. The normalized spacial score (nSPS) is 11.2. The second-order valence-electron chi connectivity index (χ2n) is 4.10. The first-order valence-electron chi connectivity index (χ1n) is 5.87. The van der Waals surface area contributed by atoms with E-state index in [1.54, 1.807) is 31.2 Å². The van der Waals surface area contributed by atoms with Gasteiger partial charge in [0.15, 0.2) is 0 Å². The molecule has 5 nitrogen and oxygen atoms in total. The highest BCUT2D eigenvalue weighted by Gasteiger charge is 2.07. The summed E-state index contributed by atoms with van der Waals surface area (Å²) in [7, 11) is 0. The Labute approximate surface area is 121 Å². The summed E-state index contributed by atoms with van der Waals surface area (Å²) in [4.78, 5) is 10.3. The fourth-order valence-corrected chi connectivity index (χ4v) is 1.78. The van der Waals surface area contributed by atoms with Gasteiger partial charge in [-0.2, -0.15) is 5.10 Å². The summed E-state index contributed by atoms with van der Waals surface area (Å²) in [6.45, 7) is 1.77. The molecule has 102 valence electrons. The van der Waals surface area contributed by atoms with Gasteiger partial charge < -0.3 is 0 Å². The summed E-state index contributed by atoms with van der Waals surface area (Å²) >= 11 is 6.00. The van der Waals surface area contributed by atoms with E-state index in [-0.39, 0.29) is 5.69 Å². The predicted octanol–water partition coefficient (Wildman–Crippen LogP) is 4.08. The fraction of sp³-hybridized carbons (Fsp3) is 0.0714. The van der Waals surface area contributed by atoms with Crippen molar-refractivity contribution in [3.8, 4) is 0 Å². The van der Waals surface area contributed by atoms with Crippen LogP contribution < -0.4 is 5.43 Å². The molecule has 0 saturated heterocycles. The number of anilines is 1. The molecule has 0 bridgehead atoms. The van der Waals surface area contributed by atoms with E-state index in [4.69, 9.17) is 11.6 Å². The molecular weight excluding hydrogens is 278 g/mol. The molecule has 0 aliphatic rings. The number of nitro groups is 1. The number of hydrogen-bond acceptors (Lipinski definition) is 4. The van der Waals surface area contributed by atoms with Crippen molar-refractivity contribution in [2.24, 2.45) is 5.10 Å². The Hall–Kier alpha value is -2.40. The molecule has 0 atom stereocenters. The minimum Gasteiger partial charge on any atom is -0.277 e. The van der Waals surface area contributed by atoms with Crippen LogP contribution in [0.4, 0.5) is 11.4 Å². The van der Waals surface area contributed by atoms with Crippen LogP contribution in [0.5, 0.6) is 0 Å². The quantitative estimate of drug-likeness (QED) is 0.524. The summed E-state index contributed by atoms with van der Waals surface area (Å²) in [5, 5.41) is 15.5. The van der Waals surface area contributed by atoms with Gasteiger partial charge >= 0.3 is 0 Å². The number of benzene rings is 2. The van der Waals surface area contributed by atoms with E-state index in [1.165, 1.54) is 12.1 Å². The molecule has 6 heteroatoms. The second-order valence-corrected chi connectivity index (χ2v) is 4.50. The van der Waals surface area contributed by atoms with E-state index < -0.39 is 4.92 Å². The molecule has 0 fully saturated rings. The second kappa shape index (κ2) is 6.16. The lowest BCUT2D eigenvalue weighted by Crippen LogP contribution is -2.01. The first kappa shape index (κ1) is 14.0. The van der Waals surface area contributed by atoms with E-state index in [0.717, 1.165) is 0 Å². The maximum Gasteiger partial charge on any atom is 0.270 e. The van der Waals surface area contributed by atoms with Crippen LogP contribution in [0.2, 0.25) is 5.02 Å². The van der Waals surface area contributed by atoms with Crippen LogP contribution in [0.1, 0.15) is 12.5 Å². The molecule has 2 aromatic rings.